The molecule has 0 bridgehead atoms. The first kappa shape index (κ1) is 18.2. The van der Waals surface area contributed by atoms with Gasteiger partial charge in [-0.05, 0) is 69.2 Å². The molecule has 0 unspecified atom stereocenters. The van der Waals surface area contributed by atoms with Crippen molar-refractivity contribution < 1.29 is 9.32 Å². The predicted octanol–water partition coefficient (Wildman–Crippen LogP) is 2.91. The fraction of sp³-hybridized carbons (Fsp3) is 0.571. The van der Waals surface area contributed by atoms with Gasteiger partial charge in [-0.3, -0.25) is 9.78 Å². The number of nitrogens with one attached hydrogen (secondary N) is 1. The Hall–Kier alpha value is -2.21. The molecule has 0 aromatic carbocycles. The summed E-state index contributed by atoms with van der Waals surface area (Å²) in [5.74, 6) is 1.86. The lowest BCUT2D eigenvalue weighted by Crippen LogP contribution is -2.42. The van der Waals surface area contributed by atoms with Crippen molar-refractivity contribution >= 4 is 5.91 Å². The Morgan fingerprint density at radius 3 is 2.93 bits per heavy atom. The number of hydrogen-bond donors (Lipinski definition) is 1. The van der Waals surface area contributed by atoms with E-state index in [1.807, 2.05) is 24.3 Å². The second-order valence-electron chi connectivity index (χ2n) is 7.76. The number of amides is 1. The van der Waals surface area contributed by atoms with E-state index in [9.17, 15) is 4.79 Å². The van der Waals surface area contributed by atoms with Crippen LogP contribution in [0.25, 0.3) is 11.5 Å². The second kappa shape index (κ2) is 8.65. The molecule has 144 valence electrons. The number of carbonyl (C=O) groups is 1. The Balaban J connectivity index is 1.39. The summed E-state index contributed by atoms with van der Waals surface area (Å²) < 4.78 is 5.50. The molecule has 6 nitrogen and oxygen atoms in total. The quantitative estimate of drug-likeness (QED) is 0.879. The second-order valence-corrected chi connectivity index (χ2v) is 7.76. The molecule has 2 aliphatic rings. The fourth-order valence-corrected chi connectivity index (χ4v) is 4.29. The Morgan fingerprint density at radius 1 is 1.22 bits per heavy atom. The Morgan fingerprint density at radius 2 is 2.11 bits per heavy atom. The minimum atomic E-state index is 0.334. The van der Waals surface area contributed by atoms with Crippen molar-refractivity contribution in [1.82, 2.24) is 20.4 Å². The Labute approximate surface area is 160 Å². The van der Waals surface area contributed by atoms with Crippen molar-refractivity contribution in [2.45, 2.75) is 38.5 Å². The molecule has 4 rings (SSSR count). The molecule has 2 atom stereocenters. The zero-order valence-electron chi connectivity index (χ0n) is 15.8. The van der Waals surface area contributed by atoms with Crippen molar-refractivity contribution in [3.63, 3.8) is 0 Å². The third-order valence-electron chi connectivity index (χ3n) is 5.86. The van der Waals surface area contributed by atoms with Gasteiger partial charge in [0.05, 0.1) is 5.69 Å². The Kier molecular flexibility index (Phi) is 5.82. The largest absolute Gasteiger partial charge is 0.354 e. The van der Waals surface area contributed by atoms with Crippen LogP contribution >= 0.6 is 0 Å². The molecule has 6 heteroatoms. The van der Waals surface area contributed by atoms with Gasteiger partial charge in [0.15, 0.2) is 5.76 Å². The van der Waals surface area contributed by atoms with Crippen LogP contribution in [0.4, 0.5) is 0 Å². The van der Waals surface area contributed by atoms with Crippen molar-refractivity contribution in [2.75, 3.05) is 26.2 Å². The maximum Gasteiger partial charge on any atom is 0.222 e. The fourth-order valence-electron chi connectivity index (χ4n) is 4.29. The molecule has 2 aliphatic heterocycles. The first-order valence-corrected chi connectivity index (χ1v) is 10.1. The molecule has 4 heterocycles. The number of nitrogens with zero attached hydrogens (tertiary/aromatic N) is 3. The number of carbonyl (C=O) groups excluding carboxylic acids is 1. The minimum absolute atomic E-state index is 0.334. The predicted molar refractivity (Wildman–Crippen MR) is 103 cm³/mol. The van der Waals surface area contributed by atoms with Crippen molar-refractivity contribution in [3.05, 3.63) is 36.2 Å². The highest BCUT2D eigenvalue weighted by molar-refractivity contribution is 5.76. The molecule has 1 amide bonds. The third-order valence-corrected chi connectivity index (χ3v) is 5.86. The van der Waals surface area contributed by atoms with E-state index < -0.39 is 0 Å². The maximum atomic E-state index is 12.7. The first-order valence-electron chi connectivity index (χ1n) is 10.1. The van der Waals surface area contributed by atoms with Crippen LogP contribution < -0.4 is 5.32 Å². The molecular weight excluding hydrogens is 340 g/mol. The van der Waals surface area contributed by atoms with Crippen LogP contribution in [0.2, 0.25) is 0 Å². The number of piperidine rings is 2. The molecule has 0 spiro atoms. The van der Waals surface area contributed by atoms with Crippen LogP contribution in [0.1, 0.15) is 37.8 Å². The summed E-state index contributed by atoms with van der Waals surface area (Å²) in [6.07, 6.45) is 7.86. The van der Waals surface area contributed by atoms with E-state index in [0.717, 1.165) is 63.3 Å². The molecule has 2 saturated heterocycles. The van der Waals surface area contributed by atoms with Crippen LogP contribution in [0.5, 0.6) is 0 Å². The maximum absolute atomic E-state index is 12.7. The van der Waals surface area contributed by atoms with E-state index in [2.05, 4.69) is 20.4 Å². The van der Waals surface area contributed by atoms with Gasteiger partial charge in [-0.1, -0.05) is 11.2 Å². The lowest BCUT2D eigenvalue weighted by atomic mass is 9.81. The normalized spacial score (nSPS) is 23.3. The summed E-state index contributed by atoms with van der Waals surface area (Å²) in [7, 11) is 0. The van der Waals surface area contributed by atoms with Gasteiger partial charge >= 0.3 is 0 Å². The number of pyridine rings is 1. The van der Waals surface area contributed by atoms with Crippen molar-refractivity contribution in [2.24, 2.45) is 11.8 Å². The summed E-state index contributed by atoms with van der Waals surface area (Å²) in [6, 6.07) is 7.74. The van der Waals surface area contributed by atoms with E-state index in [0.29, 0.717) is 29.9 Å². The van der Waals surface area contributed by atoms with Gasteiger partial charge in [0.1, 0.15) is 5.69 Å². The number of likely N-dealkylation sites (tertiary alicyclic amines) is 1. The average Bonchev–Trinajstić information content (AvgIpc) is 3.19. The van der Waals surface area contributed by atoms with Crippen LogP contribution in [-0.4, -0.2) is 47.1 Å². The van der Waals surface area contributed by atoms with Crippen molar-refractivity contribution in [1.29, 1.82) is 0 Å². The molecule has 2 fully saturated rings. The summed E-state index contributed by atoms with van der Waals surface area (Å²) in [6.45, 7) is 3.80. The molecule has 0 saturated carbocycles. The van der Waals surface area contributed by atoms with Gasteiger partial charge in [0, 0.05) is 31.8 Å². The first-order chi connectivity index (χ1) is 13.3. The minimum Gasteiger partial charge on any atom is -0.354 e. The van der Waals surface area contributed by atoms with E-state index in [1.165, 1.54) is 6.42 Å². The molecule has 0 aliphatic carbocycles. The van der Waals surface area contributed by atoms with Gasteiger partial charge < -0.3 is 14.7 Å². The standard InChI is InChI=1S/C21H28N4O2/c26-21(25-10-4-1-5-11-25)13-16-7-9-22-15-17(16)12-18-14-20(27-24-18)19-6-2-3-8-23-19/h2-3,6,8,14,16-17,22H,1,4-5,7,9-13,15H2/t16-,17+/m0/s1. The summed E-state index contributed by atoms with van der Waals surface area (Å²) >= 11 is 0. The van der Waals surface area contributed by atoms with Gasteiger partial charge in [0.2, 0.25) is 5.91 Å². The SMILES string of the molecule is O=C(C[C@@H]1CCNC[C@H]1Cc1cc(-c2ccccn2)on1)N1CCCCC1. The van der Waals surface area contributed by atoms with E-state index in [-0.39, 0.29) is 0 Å². The van der Waals surface area contributed by atoms with Gasteiger partial charge in [-0.25, -0.2) is 0 Å². The zero-order chi connectivity index (χ0) is 18.5. The van der Waals surface area contributed by atoms with Crippen LogP contribution in [0, 0.1) is 11.8 Å². The van der Waals surface area contributed by atoms with Crippen LogP contribution in [-0.2, 0) is 11.2 Å². The van der Waals surface area contributed by atoms with Gasteiger partial charge in [0.25, 0.3) is 0 Å². The third kappa shape index (κ3) is 4.56. The summed E-state index contributed by atoms with van der Waals surface area (Å²) in [5.41, 5.74) is 1.75. The van der Waals surface area contributed by atoms with Crippen LogP contribution in [0.3, 0.4) is 0 Å². The highest BCUT2D eigenvalue weighted by Crippen LogP contribution is 2.28. The molecule has 0 radical (unpaired) electrons. The summed E-state index contributed by atoms with van der Waals surface area (Å²) in [5, 5.41) is 7.73. The monoisotopic (exact) mass is 368 g/mol. The summed E-state index contributed by atoms with van der Waals surface area (Å²) in [4.78, 5) is 19.1. The van der Waals surface area contributed by atoms with E-state index >= 15 is 0 Å². The number of hydrogen-bond acceptors (Lipinski definition) is 5. The molecule has 2 aromatic heterocycles. The van der Waals surface area contributed by atoms with E-state index in [4.69, 9.17) is 4.52 Å². The Bertz CT molecular complexity index is 740. The lowest BCUT2D eigenvalue weighted by molar-refractivity contribution is -0.133. The number of rotatable bonds is 5. The smallest absolute Gasteiger partial charge is 0.222 e. The highest BCUT2D eigenvalue weighted by atomic mass is 16.5. The molecule has 27 heavy (non-hydrogen) atoms. The topological polar surface area (TPSA) is 71.3 Å². The molecule has 2 aromatic rings. The van der Waals surface area contributed by atoms with Gasteiger partial charge in [-0.15, -0.1) is 0 Å². The van der Waals surface area contributed by atoms with E-state index in [1.54, 1.807) is 6.20 Å². The number of aromatic nitrogens is 2. The average molecular weight is 368 g/mol. The lowest BCUT2D eigenvalue weighted by Gasteiger charge is -2.34. The van der Waals surface area contributed by atoms with Gasteiger partial charge in [-0.2, -0.15) is 0 Å². The van der Waals surface area contributed by atoms with Crippen LogP contribution in [0.15, 0.2) is 35.0 Å². The highest BCUT2D eigenvalue weighted by Gasteiger charge is 2.30. The zero-order valence-corrected chi connectivity index (χ0v) is 15.8. The molecular formula is C21H28N4O2. The molecule has 1 N–H and O–H groups in total. The van der Waals surface area contributed by atoms with Crippen molar-refractivity contribution in [3.8, 4) is 11.5 Å².